The maximum absolute atomic E-state index is 6.05. The van der Waals surface area contributed by atoms with Crippen LogP contribution in [0.2, 0.25) is 0 Å². The van der Waals surface area contributed by atoms with Gasteiger partial charge in [-0.2, -0.15) is 0 Å². The van der Waals surface area contributed by atoms with E-state index in [4.69, 9.17) is 5.73 Å². The molecule has 4 nitrogen and oxygen atoms in total. The van der Waals surface area contributed by atoms with Crippen LogP contribution in [0.3, 0.4) is 0 Å². The van der Waals surface area contributed by atoms with Crippen molar-refractivity contribution >= 4 is 12.4 Å². The van der Waals surface area contributed by atoms with Gasteiger partial charge in [-0.3, -0.25) is 0 Å². The van der Waals surface area contributed by atoms with Crippen LogP contribution in [-0.4, -0.2) is 28.7 Å². The van der Waals surface area contributed by atoms with E-state index in [1.807, 2.05) is 0 Å². The quantitative estimate of drug-likeness (QED) is 0.790. The van der Waals surface area contributed by atoms with Gasteiger partial charge in [-0.1, -0.05) is 0 Å². The average molecular weight is 257 g/mol. The summed E-state index contributed by atoms with van der Waals surface area (Å²) in [5.74, 6) is 1.92. The Bertz CT molecular complexity index is 371. The molecule has 3 N–H and O–H groups in total. The molecule has 0 bridgehead atoms. The summed E-state index contributed by atoms with van der Waals surface area (Å²) in [6, 6.07) is 0.321. The first kappa shape index (κ1) is 12.9. The van der Waals surface area contributed by atoms with E-state index in [2.05, 4.69) is 21.1 Å². The van der Waals surface area contributed by atoms with E-state index in [1.165, 1.54) is 24.4 Å². The Kier molecular flexibility index (Phi) is 4.07. The van der Waals surface area contributed by atoms with E-state index in [9.17, 15) is 0 Å². The first-order chi connectivity index (χ1) is 7.84. The first-order valence-corrected chi connectivity index (χ1v) is 6.35. The summed E-state index contributed by atoms with van der Waals surface area (Å²) in [5.41, 5.74) is 7.43. The molecule has 96 valence electrons. The molecule has 17 heavy (non-hydrogen) atoms. The molecule has 2 aliphatic heterocycles. The zero-order chi connectivity index (χ0) is 11.0. The lowest BCUT2D eigenvalue weighted by molar-refractivity contribution is 0.398. The highest BCUT2D eigenvalue weighted by atomic mass is 35.5. The number of halogens is 1. The van der Waals surface area contributed by atoms with E-state index in [1.54, 1.807) is 0 Å². The van der Waals surface area contributed by atoms with E-state index in [-0.39, 0.29) is 12.4 Å². The summed E-state index contributed by atoms with van der Waals surface area (Å²) < 4.78 is 2.38. The molecule has 0 radical (unpaired) electrons. The molecule has 1 aromatic rings. The molecule has 0 aromatic carbocycles. The summed E-state index contributed by atoms with van der Waals surface area (Å²) in [7, 11) is 0. The fourth-order valence-corrected chi connectivity index (χ4v) is 2.90. The molecular formula is C12H21ClN4. The van der Waals surface area contributed by atoms with Gasteiger partial charge in [0.15, 0.2) is 0 Å². The Morgan fingerprint density at radius 3 is 2.82 bits per heavy atom. The number of imidazole rings is 1. The highest BCUT2D eigenvalue weighted by molar-refractivity contribution is 5.85. The van der Waals surface area contributed by atoms with Crippen LogP contribution < -0.4 is 11.1 Å². The summed E-state index contributed by atoms with van der Waals surface area (Å²) in [4.78, 5) is 4.64. The van der Waals surface area contributed by atoms with Crippen molar-refractivity contribution in [1.29, 1.82) is 0 Å². The third-order valence-corrected chi connectivity index (χ3v) is 3.86. The number of hydrogen-bond donors (Lipinski definition) is 2. The van der Waals surface area contributed by atoms with Gasteiger partial charge in [-0.25, -0.2) is 4.98 Å². The van der Waals surface area contributed by atoms with Gasteiger partial charge in [0.1, 0.15) is 5.82 Å². The first-order valence-electron chi connectivity index (χ1n) is 6.35. The van der Waals surface area contributed by atoms with Crippen molar-refractivity contribution in [2.45, 2.75) is 44.2 Å². The van der Waals surface area contributed by atoms with Crippen LogP contribution in [0.25, 0.3) is 0 Å². The lowest BCUT2D eigenvalue weighted by atomic mass is 9.96. The molecular weight excluding hydrogens is 236 g/mol. The fraction of sp³-hybridized carbons (Fsp3) is 0.750. The Morgan fingerprint density at radius 2 is 2.06 bits per heavy atom. The number of nitrogens with two attached hydrogens (primary N) is 1. The molecule has 0 spiro atoms. The van der Waals surface area contributed by atoms with E-state index >= 15 is 0 Å². The van der Waals surface area contributed by atoms with Crippen molar-refractivity contribution in [3.8, 4) is 0 Å². The van der Waals surface area contributed by atoms with Gasteiger partial charge in [0.2, 0.25) is 0 Å². The maximum Gasteiger partial charge on any atom is 0.112 e. The Labute approximate surface area is 108 Å². The highest BCUT2D eigenvalue weighted by Crippen LogP contribution is 2.27. The summed E-state index contributed by atoms with van der Waals surface area (Å²) in [6.45, 7) is 3.21. The van der Waals surface area contributed by atoms with Crippen LogP contribution in [0.15, 0.2) is 6.20 Å². The zero-order valence-corrected chi connectivity index (χ0v) is 10.9. The van der Waals surface area contributed by atoms with Crippen molar-refractivity contribution in [3.63, 3.8) is 0 Å². The van der Waals surface area contributed by atoms with Crippen LogP contribution in [-0.2, 0) is 13.0 Å². The summed E-state index contributed by atoms with van der Waals surface area (Å²) in [5, 5.41) is 3.40. The normalized spacial score (nSPS) is 25.1. The fourth-order valence-electron chi connectivity index (χ4n) is 2.90. The lowest BCUT2D eigenvalue weighted by Crippen LogP contribution is -2.34. The molecule has 0 saturated carbocycles. The largest absolute Gasteiger partial charge is 0.330 e. The summed E-state index contributed by atoms with van der Waals surface area (Å²) in [6.07, 6.45) is 6.69. The topological polar surface area (TPSA) is 55.9 Å². The highest BCUT2D eigenvalue weighted by Gasteiger charge is 2.24. The molecule has 1 atom stereocenters. The average Bonchev–Trinajstić information content (AvgIpc) is 2.73. The maximum atomic E-state index is 6.05. The van der Waals surface area contributed by atoms with Crippen LogP contribution in [0.4, 0.5) is 0 Å². The molecule has 1 aromatic heterocycles. The van der Waals surface area contributed by atoms with Gasteiger partial charge in [0.05, 0.1) is 0 Å². The third-order valence-electron chi connectivity index (χ3n) is 3.86. The molecule has 0 amide bonds. The number of nitrogens with one attached hydrogen (secondary N) is 1. The van der Waals surface area contributed by atoms with Gasteiger partial charge in [0.25, 0.3) is 0 Å². The summed E-state index contributed by atoms with van der Waals surface area (Å²) >= 11 is 0. The molecule has 1 saturated heterocycles. The molecule has 0 aliphatic carbocycles. The van der Waals surface area contributed by atoms with Crippen molar-refractivity contribution < 1.29 is 0 Å². The zero-order valence-electron chi connectivity index (χ0n) is 10.1. The predicted octanol–water partition coefficient (Wildman–Crippen LogP) is 1.05. The number of aromatic nitrogens is 2. The molecule has 3 rings (SSSR count). The predicted molar refractivity (Wildman–Crippen MR) is 70.6 cm³/mol. The molecule has 1 fully saturated rings. The smallest absolute Gasteiger partial charge is 0.112 e. The second-order valence-electron chi connectivity index (χ2n) is 5.04. The van der Waals surface area contributed by atoms with Crippen LogP contribution >= 0.6 is 12.4 Å². The molecule has 5 heteroatoms. The second kappa shape index (κ2) is 5.38. The van der Waals surface area contributed by atoms with Crippen molar-refractivity contribution in [3.05, 3.63) is 17.7 Å². The van der Waals surface area contributed by atoms with Crippen LogP contribution in [0.1, 0.15) is 36.7 Å². The van der Waals surface area contributed by atoms with Crippen molar-refractivity contribution in [1.82, 2.24) is 14.9 Å². The van der Waals surface area contributed by atoms with E-state index < -0.39 is 0 Å². The number of hydrogen-bond acceptors (Lipinski definition) is 3. The Morgan fingerprint density at radius 1 is 1.29 bits per heavy atom. The van der Waals surface area contributed by atoms with Gasteiger partial charge < -0.3 is 15.6 Å². The minimum absolute atomic E-state index is 0. The SMILES string of the molecule is Cl.NC1CCc2cnc(C3CCNCC3)n2C1. The van der Waals surface area contributed by atoms with Gasteiger partial charge >= 0.3 is 0 Å². The van der Waals surface area contributed by atoms with Gasteiger partial charge in [0, 0.05) is 30.4 Å². The minimum atomic E-state index is 0. The number of aryl methyl sites for hydroxylation is 1. The van der Waals surface area contributed by atoms with E-state index in [0.29, 0.717) is 12.0 Å². The number of nitrogens with zero attached hydrogens (tertiary/aromatic N) is 2. The van der Waals surface area contributed by atoms with Crippen molar-refractivity contribution in [2.24, 2.45) is 5.73 Å². The second-order valence-corrected chi connectivity index (χ2v) is 5.04. The number of fused-ring (bicyclic) bond motifs is 1. The minimum Gasteiger partial charge on any atom is -0.330 e. The molecule has 3 heterocycles. The standard InChI is InChI=1S/C12H20N4.ClH/c13-10-1-2-11-7-15-12(16(11)8-10)9-3-5-14-6-4-9;/h7,9-10,14H,1-6,8,13H2;1H. The Hall–Kier alpha value is -0.580. The van der Waals surface area contributed by atoms with Crippen LogP contribution in [0.5, 0.6) is 0 Å². The number of rotatable bonds is 1. The third kappa shape index (κ3) is 2.49. The molecule has 1 unspecified atom stereocenters. The van der Waals surface area contributed by atoms with E-state index in [0.717, 1.165) is 32.5 Å². The monoisotopic (exact) mass is 256 g/mol. The van der Waals surface area contributed by atoms with Crippen molar-refractivity contribution in [2.75, 3.05) is 13.1 Å². The number of piperidine rings is 1. The van der Waals surface area contributed by atoms with Crippen LogP contribution in [0, 0.1) is 0 Å². The van der Waals surface area contributed by atoms with Gasteiger partial charge in [-0.15, -0.1) is 12.4 Å². The van der Waals surface area contributed by atoms with Gasteiger partial charge in [-0.05, 0) is 38.8 Å². The molecule has 2 aliphatic rings. The lowest BCUT2D eigenvalue weighted by Gasteiger charge is -2.27. The Balaban J connectivity index is 0.00000108.